The van der Waals surface area contributed by atoms with Crippen molar-refractivity contribution in [3.63, 3.8) is 0 Å². The number of hydrogen-bond donors (Lipinski definition) is 2. The molecule has 0 aliphatic carbocycles. The van der Waals surface area contributed by atoms with Crippen LogP contribution in [-0.4, -0.2) is 96.8 Å². The van der Waals surface area contributed by atoms with Gasteiger partial charge in [-0.2, -0.15) is 15.1 Å². The lowest BCUT2D eigenvalue weighted by Crippen LogP contribution is -2.32. The second-order valence-electron chi connectivity index (χ2n) is 13.2. The molecule has 2 N–H and O–H groups in total. The summed E-state index contributed by atoms with van der Waals surface area (Å²) in [5.74, 6) is 1.33. The number of anilines is 2. The zero-order valence-corrected chi connectivity index (χ0v) is 27.7. The minimum Gasteiger partial charge on any atom is -0.444 e. The summed E-state index contributed by atoms with van der Waals surface area (Å²) < 4.78 is 19.7. The molecule has 1 atom stereocenters. The van der Waals surface area contributed by atoms with Crippen LogP contribution in [0, 0.1) is 0 Å². The molecule has 0 fully saturated rings. The number of ether oxygens (including phenoxy) is 3. The summed E-state index contributed by atoms with van der Waals surface area (Å²) in [7, 11) is 2.89. The summed E-state index contributed by atoms with van der Waals surface area (Å²) in [4.78, 5) is 24.0. The van der Waals surface area contributed by atoms with Gasteiger partial charge in [-0.25, -0.2) is 4.79 Å². The van der Waals surface area contributed by atoms with Crippen LogP contribution in [0.2, 0.25) is 25.7 Å². The number of fused-ring (bicyclic) bond motifs is 1. The molecular formula is C30H46N8O4Si. The topological polar surface area (TPSA) is 118 Å². The molecular weight excluding hydrogens is 564 g/mol. The molecule has 3 heterocycles. The average molecular weight is 611 g/mol. The highest BCUT2D eigenvalue weighted by Gasteiger charge is 2.21. The predicted molar refractivity (Wildman–Crippen MR) is 174 cm³/mol. The minimum absolute atomic E-state index is 0.0507. The molecule has 1 amide bonds. The molecule has 0 saturated carbocycles. The Kier molecular flexibility index (Phi) is 10.3. The third-order valence-corrected chi connectivity index (χ3v) is 8.15. The molecule has 1 aliphatic heterocycles. The van der Waals surface area contributed by atoms with Crippen LogP contribution in [0.3, 0.4) is 0 Å². The van der Waals surface area contributed by atoms with Crippen molar-refractivity contribution in [3.05, 3.63) is 36.5 Å². The Hall–Kier alpha value is -3.68. The Morgan fingerprint density at radius 2 is 1.95 bits per heavy atom. The van der Waals surface area contributed by atoms with E-state index in [0.29, 0.717) is 48.8 Å². The number of carbonyl (C=O) groups excluding carboxylic acids is 1. The Morgan fingerprint density at radius 3 is 2.67 bits per heavy atom. The van der Waals surface area contributed by atoms with E-state index in [1.54, 1.807) is 18.2 Å². The monoisotopic (exact) mass is 610 g/mol. The lowest BCUT2D eigenvalue weighted by molar-refractivity contribution is 0.0636. The molecule has 0 saturated heterocycles. The van der Waals surface area contributed by atoms with Crippen molar-refractivity contribution < 1.29 is 19.0 Å². The highest BCUT2D eigenvalue weighted by molar-refractivity contribution is 6.76. The van der Waals surface area contributed by atoms with Crippen LogP contribution in [0.25, 0.3) is 11.0 Å². The van der Waals surface area contributed by atoms with Crippen molar-refractivity contribution in [2.45, 2.75) is 64.8 Å². The van der Waals surface area contributed by atoms with Gasteiger partial charge in [0.2, 0.25) is 11.8 Å². The summed E-state index contributed by atoms with van der Waals surface area (Å²) in [6.07, 6.45) is 3.28. The summed E-state index contributed by atoms with van der Waals surface area (Å²) in [5.41, 5.74) is 0.638. The average Bonchev–Trinajstić information content (AvgIpc) is 3.51. The van der Waals surface area contributed by atoms with E-state index in [2.05, 4.69) is 40.3 Å². The molecule has 43 heavy (non-hydrogen) atoms. The molecule has 1 aliphatic rings. The smallest absolute Gasteiger partial charge is 0.412 e. The van der Waals surface area contributed by atoms with E-state index in [0.717, 1.165) is 24.5 Å². The van der Waals surface area contributed by atoms with E-state index in [1.165, 1.54) is 0 Å². The Morgan fingerprint density at radius 1 is 1.16 bits per heavy atom. The number of likely N-dealkylation sites (N-methyl/N-ethyl adjacent to an activating group) is 1. The largest absolute Gasteiger partial charge is 0.444 e. The van der Waals surface area contributed by atoms with Crippen LogP contribution in [0.4, 0.5) is 16.4 Å². The number of benzene rings is 1. The molecule has 234 valence electrons. The normalized spacial score (nSPS) is 15.4. The predicted octanol–water partition coefficient (Wildman–Crippen LogP) is 5.53. The molecule has 12 nitrogen and oxygen atoms in total. The molecule has 1 aromatic carbocycles. The number of hydrogen-bond acceptors (Lipinski definition) is 10. The Balaban J connectivity index is 1.55. The number of amides is 1. The van der Waals surface area contributed by atoms with E-state index >= 15 is 0 Å². The first-order valence-corrected chi connectivity index (χ1v) is 18.4. The molecule has 2 aromatic heterocycles. The first kappa shape index (κ1) is 32.2. The van der Waals surface area contributed by atoms with E-state index in [9.17, 15) is 4.79 Å². The highest BCUT2D eigenvalue weighted by Crippen LogP contribution is 2.31. The first-order valence-electron chi connectivity index (χ1n) is 14.7. The van der Waals surface area contributed by atoms with E-state index in [-0.39, 0.29) is 6.04 Å². The van der Waals surface area contributed by atoms with E-state index in [1.807, 2.05) is 69.0 Å². The van der Waals surface area contributed by atoms with Gasteiger partial charge in [0, 0.05) is 51.9 Å². The van der Waals surface area contributed by atoms with Crippen LogP contribution < -0.4 is 15.4 Å². The maximum Gasteiger partial charge on any atom is 0.412 e. The molecule has 1 unspecified atom stereocenters. The van der Waals surface area contributed by atoms with Crippen molar-refractivity contribution in [1.29, 1.82) is 0 Å². The third kappa shape index (κ3) is 10.2. The van der Waals surface area contributed by atoms with Crippen LogP contribution in [-0.2, 0) is 16.2 Å². The number of nitrogens with one attached hydrogen (secondary N) is 2. The zero-order valence-electron chi connectivity index (χ0n) is 26.7. The van der Waals surface area contributed by atoms with Crippen LogP contribution in [0.5, 0.6) is 11.6 Å². The van der Waals surface area contributed by atoms with Crippen molar-refractivity contribution in [2.75, 3.05) is 51.0 Å². The van der Waals surface area contributed by atoms with Crippen LogP contribution in [0.15, 0.2) is 41.6 Å². The summed E-state index contributed by atoms with van der Waals surface area (Å²) >= 11 is 0. The van der Waals surface area contributed by atoms with Crippen molar-refractivity contribution >= 4 is 43.1 Å². The van der Waals surface area contributed by atoms with Gasteiger partial charge in [0.15, 0.2) is 5.65 Å². The molecule has 13 heteroatoms. The van der Waals surface area contributed by atoms with Gasteiger partial charge in [0.25, 0.3) is 0 Å². The fraction of sp³-hybridized carbons (Fsp3) is 0.533. The van der Waals surface area contributed by atoms with E-state index < -0.39 is 19.8 Å². The van der Waals surface area contributed by atoms with Crippen molar-refractivity contribution in [2.24, 2.45) is 5.10 Å². The minimum atomic E-state index is -1.20. The second kappa shape index (κ2) is 13.7. The standard InChI is InChI=1S/C30H46N8O4Si/c1-30(2,3)42-29(39)33-22-10-9-11-24(18-22)41-27-25-12-13-37(21-40-16-17-43(6,7)8)26(25)34-28(35-27)32-23-19-31-38(20-23)15-14-36(4)5/h9-13,18-19,23H,14-17,20-21H2,1-8H3,(H,33,39)(H,32,34,35). The molecule has 4 rings (SSSR count). The summed E-state index contributed by atoms with van der Waals surface area (Å²) in [6, 6.07) is 10.1. The van der Waals surface area contributed by atoms with Gasteiger partial charge in [-0.3, -0.25) is 10.3 Å². The molecule has 0 radical (unpaired) electrons. The van der Waals surface area contributed by atoms with Gasteiger partial charge >= 0.3 is 6.09 Å². The van der Waals surface area contributed by atoms with Gasteiger partial charge in [0.05, 0.1) is 18.0 Å². The number of rotatable bonds is 13. The summed E-state index contributed by atoms with van der Waals surface area (Å²) in [6.45, 7) is 16.0. The highest BCUT2D eigenvalue weighted by atomic mass is 28.3. The SMILES string of the molecule is CN(C)CCN1CC(Nc2nc(Oc3cccc(NC(=O)OC(C)(C)C)c3)c3ccn(COCC[Si](C)(C)C)c3n2)C=N1. The van der Waals surface area contributed by atoms with Gasteiger partial charge in [-0.1, -0.05) is 25.7 Å². The lowest BCUT2D eigenvalue weighted by atomic mass is 10.2. The Bertz CT molecular complexity index is 1410. The van der Waals surface area contributed by atoms with Crippen LogP contribution >= 0.6 is 0 Å². The Labute approximate surface area is 255 Å². The quantitative estimate of drug-likeness (QED) is 0.190. The number of hydrazone groups is 1. The van der Waals surface area contributed by atoms with Gasteiger partial charge in [-0.15, -0.1) is 0 Å². The first-order chi connectivity index (χ1) is 20.2. The van der Waals surface area contributed by atoms with E-state index in [4.69, 9.17) is 24.2 Å². The molecule has 0 bridgehead atoms. The number of aromatic nitrogens is 3. The lowest BCUT2D eigenvalue weighted by Gasteiger charge is -2.20. The number of nitrogens with zero attached hydrogens (tertiary/aromatic N) is 6. The second-order valence-corrected chi connectivity index (χ2v) is 18.8. The number of carbonyl (C=O) groups is 1. The molecule has 0 spiro atoms. The fourth-order valence-electron chi connectivity index (χ4n) is 4.20. The van der Waals surface area contributed by atoms with Gasteiger partial charge in [0.1, 0.15) is 18.1 Å². The van der Waals surface area contributed by atoms with Crippen LogP contribution in [0.1, 0.15) is 20.8 Å². The zero-order chi connectivity index (χ0) is 31.2. The summed E-state index contributed by atoms with van der Waals surface area (Å²) in [5, 5.41) is 13.5. The van der Waals surface area contributed by atoms with Crippen molar-refractivity contribution in [1.82, 2.24) is 24.4 Å². The van der Waals surface area contributed by atoms with Crippen molar-refractivity contribution in [3.8, 4) is 11.6 Å². The maximum atomic E-state index is 12.3. The van der Waals surface area contributed by atoms with Gasteiger partial charge in [-0.05, 0) is 59.1 Å². The maximum absolute atomic E-state index is 12.3. The van der Waals surface area contributed by atoms with Gasteiger partial charge < -0.3 is 29.0 Å². The fourth-order valence-corrected chi connectivity index (χ4v) is 4.96. The molecule has 3 aromatic rings. The third-order valence-electron chi connectivity index (χ3n) is 6.44.